The molecule has 0 fully saturated rings. The van der Waals surface area contributed by atoms with Gasteiger partial charge >= 0.3 is 0 Å². The highest BCUT2D eigenvalue weighted by Gasteiger charge is 2.12. The van der Waals surface area contributed by atoms with E-state index in [1.807, 2.05) is 30.3 Å². The largest absolute Gasteiger partial charge is 0.397 e. The Kier molecular flexibility index (Phi) is 3.58. The third-order valence-corrected chi connectivity index (χ3v) is 4.51. The van der Waals surface area contributed by atoms with Crippen molar-refractivity contribution in [3.05, 3.63) is 52.3 Å². The quantitative estimate of drug-likeness (QED) is 0.724. The van der Waals surface area contributed by atoms with Gasteiger partial charge in [0.2, 0.25) is 0 Å². The van der Waals surface area contributed by atoms with E-state index < -0.39 is 0 Å². The first-order valence-electron chi connectivity index (χ1n) is 6.72. The van der Waals surface area contributed by atoms with Crippen molar-refractivity contribution in [2.24, 2.45) is 0 Å². The molecule has 0 radical (unpaired) electrons. The molecule has 0 unspecified atom stereocenters. The number of carbonyl (C=O) groups excluding carboxylic acids is 1. The first-order chi connectivity index (χ1) is 10.2. The SMILES string of the molecule is CCc1ccc(C(=O)Nc2ccc(N)c3ncccc23)s1. The molecule has 21 heavy (non-hydrogen) atoms. The van der Waals surface area contributed by atoms with Gasteiger partial charge in [-0.15, -0.1) is 11.3 Å². The minimum Gasteiger partial charge on any atom is -0.397 e. The van der Waals surface area contributed by atoms with Crippen molar-refractivity contribution in [3.8, 4) is 0 Å². The van der Waals surface area contributed by atoms with Crippen LogP contribution in [0.3, 0.4) is 0 Å². The number of fused-ring (bicyclic) bond motifs is 1. The number of nitrogens with two attached hydrogens (primary N) is 1. The van der Waals surface area contributed by atoms with E-state index >= 15 is 0 Å². The highest BCUT2D eigenvalue weighted by molar-refractivity contribution is 7.14. The maximum Gasteiger partial charge on any atom is 0.265 e. The zero-order valence-electron chi connectivity index (χ0n) is 11.6. The highest BCUT2D eigenvalue weighted by Crippen LogP contribution is 2.27. The molecule has 4 nitrogen and oxygen atoms in total. The van der Waals surface area contributed by atoms with Crippen molar-refractivity contribution in [2.45, 2.75) is 13.3 Å². The van der Waals surface area contributed by atoms with E-state index in [2.05, 4.69) is 17.2 Å². The number of thiophene rings is 1. The third-order valence-electron chi connectivity index (χ3n) is 3.28. The number of aromatic nitrogens is 1. The summed E-state index contributed by atoms with van der Waals surface area (Å²) in [6.45, 7) is 2.08. The van der Waals surface area contributed by atoms with Gasteiger partial charge in [0, 0.05) is 16.5 Å². The van der Waals surface area contributed by atoms with E-state index in [4.69, 9.17) is 5.73 Å². The Balaban J connectivity index is 1.95. The van der Waals surface area contributed by atoms with Crippen molar-refractivity contribution >= 4 is 39.5 Å². The fourth-order valence-corrected chi connectivity index (χ4v) is 3.02. The maximum absolute atomic E-state index is 12.3. The Morgan fingerprint density at radius 1 is 1.29 bits per heavy atom. The minimum absolute atomic E-state index is 0.102. The van der Waals surface area contributed by atoms with Crippen molar-refractivity contribution in [1.29, 1.82) is 0 Å². The summed E-state index contributed by atoms with van der Waals surface area (Å²) in [6.07, 6.45) is 2.63. The van der Waals surface area contributed by atoms with Crippen LogP contribution in [0.5, 0.6) is 0 Å². The zero-order chi connectivity index (χ0) is 14.8. The summed E-state index contributed by atoms with van der Waals surface area (Å²) in [7, 11) is 0. The average molecular weight is 297 g/mol. The predicted molar refractivity (Wildman–Crippen MR) is 87.8 cm³/mol. The number of carbonyl (C=O) groups is 1. The van der Waals surface area contributed by atoms with Crippen LogP contribution in [0.25, 0.3) is 10.9 Å². The molecule has 2 aromatic heterocycles. The molecule has 1 aromatic carbocycles. The van der Waals surface area contributed by atoms with Gasteiger partial charge in [-0.3, -0.25) is 9.78 Å². The lowest BCUT2D eigenvalue weighted by Crippen LogP contribution is -2.10. The number of rotatable bonds is 3. The summed E-state index contributed by atoms with van der Waals surface area (Å²) >= 11 is 1.52. The van der Waals surface area contributed by atoms with Gasteiger partial charge in [-0.25, -0.2) is 0 Å². The van der Waals surface area contributed by atoms with Gasteiger partial charge in [-0.2, -0.15) is 0 Å². The van der Waals surface area contributed by atoms with Crippen LogP contribution in [0.4, 0.5) is 11.4 Å². The molecule has 2 heterocycles. The molecule has 0 saturated heterocycles. The second-order valence-electron chi connectivity index (χ2n) is 4.68. The summed E-state index contributed by atoms with van der Waals surface area (Å²) < 4.78 is 0. The van der Waals surface area contributed by atoms with Crippen molar-refractivity contribution in [3.63, 3.8) is 0 Å². The van der Waals surface area contributed by atoms with Crippen LogP contribution in [0, 0.1) is 0 Å². The number of amides is 1. The van der Waals surface area contributed by atoms with Crippen LogP contribution in [-0.2, 0) is 6.42 Å². The van der Waals surface area contributed by atoms with Gasteiger partial charge < -0.3 is 11.1 Å². The highest BCUT2D eigenvalue weighted by atomic mass is 32.1. The predicted octanol–water partition coefficient (Wildman–Crippen LogP) is 3.69. The van der Waals surface area contributed by atoms with Gasteiger partial charge in [0.15, 0.2) is 0 Å². The number of anilines is 2. The van der Waals surface area contributed by atoms with Gasteiger partial charge in [-0.1, -0.05) is 6.92 Å². The summed E-state index contributed by atoms with van der Waals surface area (Å²) in [5.41, 5.74) is 7.95. The second kappa shape index (κ2) is 5.54. The normalized spacial score (nSPS) is 10.7. The van der Waals surface area contributed by atoms with Gasteiger partial charge in [0.1, 0.15) is 0 Å². The number of hydrogen-bond acceptors (Lipinski definition) is 4. The van der Waals surface area contributed by atoms with E-state index in [1.165, 1.54) is 16.2 Å². The Morgan fingerprint density at radius 3 is 2.90 bits per heavy atom. The van der Waals surface area contributed by atoms with Gasteiger partial charge in [0.25, 0.3) is 5.91 Å². The fraction of sp³-hybridized carbons (Fsp3) is 0.125. The molecular weight excluding hydrogens is 282 g/mol. The Hall–Kier alpha value is -2.40. The lowest BCUT2D eigenvalue weighted by Gasteiger charge is -2.09. The van der Waals surface area contributed by atoms with E-state index in [9.17, 15) is 4.79 Å². The summed E-state index contributed by atoms with van der Waals surface area (Å²) in [4.78, 5) is 18.5. The maximum atomic E-state index is 12.3. The molecule has 3 rings (SSSR count). The second-order valence-corrected chi connectivity index (χ2v) is 5.84. The zero-order valence-corrected chi connectivity index (χ0v) is 12.4. The van der Waals surface area contributed by atoms with E-state index in [0.29, 0.717) is 16.1 Å². The molecule has 0 bridgehead atoms. The number of aryl methyl sites for hydroxylation is 1. The minimum atomic E-state index is -0.102. The van der Waals surface area contributed by atoms with Crippen LogP contribution in [0.1, 0.15) is 21.5 Å². The smallest absolute Gasteiger partial charge is 0.265 e. The molecule has 1 amide bonds. The summed E-state index contributed by atoms with van der Waals surface area (Å²) in [6, 6.07) is 11.2. The number of nitrogen functional groups attached to an aromatic ring is 1. The Labute approximate surface area is 126 Å². The molecule has 0 aliphatic heterocycles. The van der Waals surface area contributed by atoms with Gasteiger partial charge in [-0.05, 0) is 42.8 Å². The van der Waals surface area contributed by atoms with Crippen LogP contribution < -0.4 is 11.1 Å². The number of hydrogen-bond donors (Lipinski definition) is 2. The molecule has 3 aromatic rings. The summed E-state index contributed by atoms with van der Waals surface area (Å²) in [5, 5.41) is 3.79. The fourth-order valence-electron chi connectivity index (χ4n) is 2.18. The van der Waals surface area contributed by atoms with Crippen LogP contribution >= 0.6 is 11.3 Å². The molecule has 0 aliphatic rings. The van der Waals surface area contributed by atoms with Crippen LogP contribution in [0.2, 0.25) is 0 Å². The Bertz CT molecular complexity index is 810. The van der Waals surface area contributed by atoms with E-state index in [0.717, 1.165) is 17.5 Å². The molecule has 0 atom stereocenters. The lowest BCUT2D eigenvalue weighted by atomic mass is 10.1. The number of nitrogens with one attached hydrogen (secondary N) is 1. The Morgan fingerprint density at radius 2 is 2.14 bits per heavy atom. The summed E-state index contributed by atoms with van der Waals surface area (Å²) in [5.74, 6) is -0.102. The molecule has 106 valence electrons. The number of nitrogens with zero attached hydrogens (tertiary/aromatic N) is 1. The molecule has 0 spiro atoms. The first-order valence-corrected chi connectivity index (χ1v) is 7.54. The van der Waals surface area contributed by atoms with E-state index in [1.54, 1.807) is 12.3 Å². The third kappa shape index (κ3) is 2.60. The molecule has 0 saturated carbocycles. The standard InChI is InChI=1S/C16H15N3OS/c1-2-10-5-8-14(21-10)16(20)19-13-7-6-12(17)15-11(13)4-3-9-18-15/h3-9H,2,17H2,1H3,(H,19,20). The molecular formula is C16H15N3OS. The molecule has 5 heteroatoms. The molecule has 3 N–H and O–H groups in total. The van der Waals surface area contributed by atoms with Crippen molar-refractivity contribution in [1.82, 2.24) is 4.98 Å². The van der Waals surface area contributed by atoms with Gasteiger partial charge in [0.05, 0.1) is 21.8 Å². The topological polar surface area (TPSA) is 68.0 Å². The monoisotopic (exact) mass is 297 g/mol. The number of pyridine rings is 1. The van der Waals surface area contributed by atoms with Crippen molar-refractivity contribution in [2.75, 3.05) is 11.1 Å². The first kappa shape index (κ1) is 13.6. The van der Waals surface area contributed by atoms with Crippen molar-refractivity contribution < 1.29 is 4.79 Å². The van der Waals surface area contributed by atoms with Crippen LogP contribution in [0.15, 0.2) is 42.6 Å². The van der Waals surface area contributed by atoms with E-state index in [-0.39, 0.29) is 5.91 Å². The average Bonchev–Trinajstić information content (AvgIpc) is 2.99. The number of benzene rings is 1. The molecule has 0 aliphatic carbocycles. The van der Waals surface area contributed by atoms with Crippen LogP contribution in [-0.4, -0.2) is 10.9 Å². The lowest BCUT2D eigenvalue weighted by molar-refractivity contribution is 0.103.